The zero-order chi connectivity index (χ0) is 32.3. The van der Waals surface area contributed by atoms with Crippen LogP contribution in [0.5, 0.6) is 0 Å². The van der Waals surface area contributed by atoms with Gasteiger partial charge in [0.2, 0.25) is 17.6 Å². The summed E-state index contributed by atoms with van der Waals surface area (Å²) in [4.78, 5) is 53.2. The maximum atomic E-state index is 14.0. The molecule has 2 aromatic carbocycles. The smallest absolute Gasteiger partial charge is 0.407 e. The summed E-state index contributed by atoms with van der Waals surface area (Å²) in [6.07, 6.45) is 2.15. The minimum atomic E-state index is -1.18. The van der Waals surface area contributed by atoms with Gasteiger partial charge in [0, 0.05) is 29.5 Å². The van der Waals surface area contributed by atoms with Crippen LogP contribution in [0.4, 0.5) is 14.9 Å². The monoisotopic (exact) mass is 621 g/mol. The van der Waals surface area contributed by atoms with E-state index < -0.39 is 36.4 Å². The highest BCUT2D eigenvalue weighted by molar-refractivity contribution is 6.00. The van der Waals surface area contributed by atoms with Gasteiger partial charge < -0.3 is 29.8 Å². The van der Waals surface area contributed by atoms with Gasteiger partial charge in [0.05, 0.1) is 6.04 Å². The van der Waals surface area contributed by atoms with Crippen LogP contribution >= 0.6 is 0 Å². The van der Waals surface area contributed by atoms with E-state index in [1.165, 1.54) is 6.07 Å². The first kappa shape index (κ1) is 32.0. The number of carboxylic acids is 1. The number of halogens is 1. The van der Waals surface area contributed by atoms with Crippen molar-refractivity contribution in [2.75, 3.05) is 18.5 Å². The Hall–Kier alpha value is -4.41. The predicted octanol–water partition coefficient (Wildman–Crippen LogP) is 6.12. The van der Waals surface area contributed by atoms with Crippen molar-refractivity contribution in [3.63, 3.8) is 0 Å². The number of amides is 3. The Kier molecular flexibility index (Phi) is 9.45. The Labute approximate surface area is 261 Å². The van der Waals surface area contributed by atoms with Crippen molar-refractivity contribution >= 4 is 40.5 Å². The number of carboxylic acid groups (broad SMARTS) is 1. The molecule has 0 bridgehead atoms. The van der Waals surface area contributed by atoms with Gasteiger partial charge in [-0.05, 0) is 88.6 Å². The first-order valence-corrected chi connectivity index (χ1v) is 15.4. The van der Waals surface area contributed by atoms with E-state index in [4.69, 9.17) is 9.15 Å². The summed E-state index contributed by atoms with van der Waals surface area (Å²) in [5, 5.41) is 15.4. The van der Waals surface area contributed by atoms with Crippen molar-refractivity contribution in [1.29, 1.82) is 0 Å². The van der Waals surface area contributed by atoms with Crippen molar-refractivity contribution < 1.29 is 37.8 Å². The van der Waals surface area contributed by atoms with Crippen molar-refractivity contribution in [2.24, 2.45) is 11.8 Å². The molecule has 1 aliphatic carbocycles. The number of alkyl carbamates (subject to hydrolysis) is 1. The van der Waals surface area contributed by atoms with Gasteiger partial charge in [-0.25, -0.2) is 14.0 Å². The van der Waals surface area contributed by atoms with Crippen LogP contribution in [0.3, 0.4) is 0 Å². The molecule has 10 nitrogen and oxygen atoms in total. The molecule has 3 atom stereocenters. The summed E-state index contributed by atoms with van der Waals surface area (Å²) in [6, 6.07) is 14.5. The summed E-state index contributed by atoms with van der Waals surface area (Å²) < 4.78 is 24.6. The van der Waals surface area contributed by atoms with Crippen LogP contribution in [-0.2, 0) is 14.3 Å². The van der Waals surface area contributed by atoms with E-state index >= 15 is 0 Å². The van der Waals surface area contributed by atoms with Gasteiger partial charge in [-0.15, -0.1) is 0 Å². The van der Waals surface area contributed by atoms with Gasteiger partial charge in [-0.1, -0.05) is 30.3 Å². The molecule has 0 unspecified atom stereocenters. The molecule has 240 valence electrons. The highest BCUT2D eigenvalue weighted by atomic mass is 19.1. The Morgan fingerprint density at radius 1 is 1.02 bits per heavy atom. The quantitative estimate of drug-likeness (QED) is 0.275. The largest absolute Gasteiger partial charge is 0.475 e. The molecule has 1 saturated carbocycles. The second-order valence-corrected chi connectivity index (χ2v) is 13.0. The standard InChI is InChI=1S/C34H40FN3O7/c1-34(2,3)45-33(43)37-26(19-35)21-9-11-22(12-10-21)31(40)38-16-15-25(20-7-5-4-6-8-20)29(38)30(39)36-24-13-14-27-23(17-24)18-28(44-27)32(41)42/h4-8,13-14,17-18,21-22,25-26,29H,9-12,15-16,19H2,1-3H3,(H,36,39)(H,37,43)(H,41,42)/t21?,22?,25-,26-,29+/m1/s1. The number of benzene rings is 2. The number of furan rings is 1. The van der Waals surface area contributed by atoms with Crippen LogP contribution in [-0.4, -0.2) is 64.8 Å². The number of fused-ring (bicyclic) bond motifs is 1. The fraction of sp³-hybridized carbons (Fsp3) is 0.471. The summed E-state index contributed by atoms with van der Waals surface area (Å²) >= 11 is 0. The highest BCUT2D eigenvalue weighted by Gasteiger charge is 2.45. The number of aromatic carboxylic acids is 1. The molecule has 11 heteroatoms. The van der Waals surface area contributed by atoms with E-state index in [-0.39, 0.29) is 35.3 Å². The Morgan fingerprint density at radius 3 is 2.38 bits per heavy atom. The Morgan fingerprint density at radius 2 is 1.73 bits per heavy atom. The molecule has 5 rings (SSSR count). The average molecular weight is 622 g/mol. The number of hydrogen-bond donors (Lipinski definition) is 3. The lowest BCUT2D eigenvalue weighted by atomic mass is 9.78. The molecule has 1 aliphatic heterocycles. The van der Waals surface area contributed by atoms with E-state index in [2.05, 4.69) is 10.6 Å². The molecule has 0 radical (unpaired) electrons. The van der Waals surface area contributed by atoms with E-state index in [0.717, 1.165) is 5.56 Å². The fourth-order valence-corrected chi connectivity index (χ4v) is 6.60. The summed E-state index contributed by atoms with van der Waals surface area (Å²) in [5.41, 5.74) is 1.12. The second-order valence-electron chi connectivity index (χ2n) is 13.0. The maximum absolute atomic E-state index is 14.0. The van der Waals surface area contributed by atoms with E-state index in [1.54, 1.807) is 43.9 Å². The number of likely N-dealkylation sites (tertiary alicyclic amines) is 1. The lowest BCUT2D eigenvalue weighted by Crippen LogP contribution is -2.49. The summed E-state index contributed by atoms with van der Waals surface area (Å²) in [6.45, 7) is 4.94. The molecular weight excluding hydrogens is 581 g/mol. The third kappa shape index (κ3) is 7.46. The minimum absolute atomic E-state index is 0.0969. The predicted molar refractivity (Wildman–Crippen MR) is 166 cm³/mol. The molecule has 2 heterocycles. The normalized spacial score (nSPS) is 22.5. The van der Waals surface area contributed by atoms with Gasteiger partial charge in [-0.2, -0.15) is 0 Å². The van der Waals surface area contributed by atoms with E-state index in [1.807, 2.05) is 30.3 Å². The number of nitrogens with one attached hydrogen (secondary N) is 2. The second kappa shape index (κ2) is 13.3. The number of rotatable bonds is 8. The third-order valence-electron chi connectivity index (χ3n) is 8.73. The Bertz CT molecular complexity index is 1540. The fourth-order valence-electron chi connectivity index (χ4n) is 6.60. The molecule has 1 saturated heterocycles. The summed E-state index contributed by atoms with van der Waals surface area (Å²) in [5.74, 6) is -2.46. The SMILES string of the molecule is CC(C)(C)OC(=O)N[C@H](CF)C1CCC(C(=O)N2CC[C@H](c3ccccc3)[C@H]2C(=O)Nc2ccc3oc(C(=O)O)cc3c2)CC1. The topological polar surface area (TPSA) is 138 Å². The highest BCUT2D eigenvalue weighted by Crippen LogP contribution is 2.39. The van der Waals surface area contributed by atoms with Crippen LogP contribution in [0.25, 0.3) is 11.0 Å². The minimum Gasteiger partial charge on any atom is -0.475 e. The number of ether oxygens (including phenoxy) is 1. The lowest BCUT2D eigenvalue weighted by Gasteiger charge is -2.36. The molecule has 45 heavy (non-hydrogen) atoms. The molecule has 0 spiro atoms. The van der Waals surface area contributed by atoms with Crippen LogP contribution in [0.2, 0.25) is 0 Å². The number of anilines is 1. The van der Waals surface area contributed by atoms with Crippen LogP contribution in [0.15, 0.2) is 59.0 Å². The number of alkyl halides is 1. The maximum Gasteiger partial charge on any atom is 0.407 e. The summed E-state index contributed by atoms with van der Waals surface area (Å²) in [7, 11) is 0. The van der Waals surface area contributed by atoms with Crippen molar-refractivity contribution in [3.05, 3.63) is 65.9 Å². The molecule has 2 fully saturated rings. The molecule has 3 N–H and O–H groups in total. The first-order chi connectivity index (χ1) is 21.4. The number of hydrogen-bond acceptors (Lipinski definition) is 6. The molecular formula is C34H40FN3O7. The van der Waals surface area contributed by atoms with E-state index in [9.17, 15) is 28.7 Å². The Balaban J connectivity index is 1.29. The molecule has 1 aromatic heterocycles. The van der Waals surface area contributed by atoms with Gasteiger partial charge in [-0.3, -0.25) is 9.59 Å². The van der Waals surface area contributed by atoms with Crippen LogP contribution in [0.1, 0.15) is 74.9 Å². The number of carbonyl (C=O) groups excluding carboxylic acids is 3. The van der Waals surface area contributed by atoms with Crippen LogP contribution < -0.4 is 10.6 Å². The van der Waals surface area contributed by atoms with E-state index in [0.29, 0.717) is 55.3 Å². The van der Waals surface area contributed by atoms with Crippen molar-refractivity contribution in [1.82, 2.24) is 10.2 Å². The number of nitrogens with zero attached hydrogens (tertiary/aromatic N) is 1. The third-order valence-corrected chi connectivity index (χ3v) is 8.73. The van der Waals surface area contributed by atoms with Crippen molar-refractivity contribution in [2.45, 2.75) is 76.5 Å². The molecule has 3 amide bonds. The number of carbonyl (C=O) groups is 4. The molecule has 2 aliphatic rings. The van der Waals surface area contributed by atoms with Crippen molar-refractivity contribution in [3.8, 4) is 0 Å². The first-order valence-electron chi connectivity index (χ1n) is 15.4. The van der Waals surface area contributed by atoms with Gasteiger partial charge >= 0.3 is 12.1 Å². The lowest BCUT2D eigenvalue weighted by molar-refractivity contribution is -0.141. The van der Waals surface area contributed by atoms with Gasteiger partial charge in [0.25, 0.3) is 0 Å². The van der Waals surface area contributed by atoms with Gasteiger partial charge in [0.15, 0.2) is 0 Å². The molecule has 3 aromatic rings. The zero-order valence-corrected chi connectivity index (χ0v) is 25.8. The zero-order valence-electron chi connectivity index (χ0n) is 25.8. The van der Waals surface area contributed by atoms with Crippen LogP contribution in [0, 0.1) is 11.8 Å². The average Bonchev–Trinajstić information content (AvgIpc) is 3.64. The van der Waals surface area contributed by atoms with Gasteiger partial charge in [0.1, 0.15) is 23.9 Å².